The quantitative estimate of drug-likeness (QED) is 0.916. The number of imidazole rings is 1. The number of fused-ring (bicyclic) bond motifs is 1. The lowest BCUT2D eigenvalue weighted by molar-refractivity contribution is 0.390. The van der Waals surface area contributed by atoms with Crippen molar-refractivity contribution in [3.63, 3.8) is 0 Å². The van der Waals surface area contributed by atoms with Gasteiger partial charge in [-0.3, -0.25) is 0 Å². The Kier molecular flexibility index (Phi) is 3.37. The molecule has 0 saturated heterocycles. The molecule has 3 rings (SSSR count). The lowest BCUT2D eigenvalue weighted by atomic mass is 10.1. The monoisotopic (exact) mass is 310 g/mol. The summed E-state index contributed by atoms with van der Waals surface area (Å²) in [6, 6.07) is -0.148. The highest BCUT2D eigenvalue weighted by Crippen LogP contribution is 2.21. The summed E-state index contributed by atoms with van der Waals surface area (Å²) in [6.07, 6.45) is 3.45. The fourth-order valence-corrected chi connectivity index (χ4v) is 4.41. The summed E-state index contributed by atoms with van der Waals surface area (Å²) in [7, 11) is -3.61. The molecule has 1 aliphatic rings. The van der Waals surface area contributed by atoms with Gasteiger partial charge < -0.3 is 9.09 Å². The van der Waals surface area contributed by atoms with Gasteiger partial charge in [-0.05, 0) is 27.2 Å². The van der Waals surface area contributed by atoms with Crippen LogP contribution >= 0.6 is 0 Å². The number of aryl methyl sites for hydroxylation is 4. The largest absolute Gasteiger partial charge is 0.360 e. The molecule has 1 unspecified atom stereocenters. The SMILES string of the molecule is Cc1cn2c(n1)CCC(NS(=O)(=O)c1c(C)noc1C)C2. The summed E-state index contributed by atoms with van der Waals surface area (Å²) in [6.45, 7) is 5.77. The van der Waals surface area contributed by atoms with Gasteiger partial charge in [0.1, 0.15) is 16.4 Å². The van der Waals surface area contributed by atoms with Crippen LogP contribution in [0.25, 0.3) is 0 Å². The van der Waals surface area contributed by atoms with E-state index in [9.17, 15) is 8.42 Å². The number of hydrogen-bond acceptors (Lipinski definition) is 5. The van der Waals surface area contributed by atoms with Gasteiger partial charge in [0.15, 0.2) is 5.76 Å². The van der Waals surface area contributed by atoms with Gasteiger partial charge in [0, 0.05) is 25.2 Å². The van der Waals surface area contributed by atoms with Crippen molar-refractivity contribution in [2.45, 2.75) is 51.1 Å². The van der Waals surface area contributed by atoms with Crippen molar-refractivity contribution in [3.8, 4) is 0 Å². The van der Waals surface area contributed by atoms with E-state index in [0.717, 1.165) is 24.4 Å². The number of nitrogens with zero attached hydrogens (tertiary/aromatic N) is 3. The van der Waals surface area contributed by atoms with Crippen LogP contribution in [0.2, 0.25) is 0 Å². The van der Waals surface area contributed by atoms with Crippen molar-refractivity contribution in [2.24, 2.45) is 0 Å². The van der Waals surface area contributed by atoms with Crippen LogP contribution in [0, 0.1) is 20.8 Å². The average Bonchev–Trinajstić information content (AvgIpc) is 2.90. The van der Waals surface area contributed by atoms with Crippen LogP contribution in [-0.4, -0.2) is 29.2 Å². The van der Waals surface area contributed by atoms with Gasteiger partial charge in [-0.2, -0.15) is 0 Å². The van der Waals surface area contributed by atoms with Gasteiger partial charge in [-0.1, -0.05) is 5.16 Å². The second-order valence-electron chi connectivity index (χ2n) is 5.46. The van der Waals surface area contributed by atoms with E-state index >= 15 is 0 Å². The Balaban J connectivity index is 1.81. The maximum absolute atomic E-state index is 12.5. The molecular weight excluding hydrogens is 292 g/mol. The summed E-state index contributed by atoms with van der Waals surface area (Å²) in [4.78, 5) is 4.57. The summed E-state index contributed by atoms with van der Waals surface area (Å²) in [5.74, 6) is 1.33. The third kappa shape index (κ3) is 2.60. The molecule has 7 nitrogen and oxygen atoms in total. The van der Waals surface area contributed by atoms with E-state index in [4.69, 9.17) is 4.52 Å². The maximum Gasteiger partial charge on any atom is 0.246 e. The first kappa shape index (κ1) is 14.3. The molecule has 1 N–H and O–H groups in total. The van der Waals surface area contributed by atoms with Crippen LogP contribution in [0.4, 0.5) is 0 Å². The zero-order chi connectivity index (χ0) is 15.2. The van der Waals surface area contributed by atoms with Crippen molar-refractivity contribution in [1.29, 1.82) is 0 Å². The Labute approximate surface area is 123 Å². The van der Waals surface area contributed by atoms with Crippen LogP contribution in [0.3, 0.4) is 0 Å². The van der Waals surface area contributed by atoms with Crippen molar-refractivity contribution in [2.75, 3.05) is 0 Å². The van der Waals surface area contributed by atoms with Gasteiger partial charge in [-0.25, -0.2) is 18.1 Å². The topological polar surface area (TPSA) is 90.0 Å². The van der Waals surface area contributed by atoms with Crippen molar-refractivity contribution >= 4 is 10.0 Å². The Morgan fingerprint density at radius 3 is 2.81 bits per heavy atom. The Morgan fingerprint density at radius 1 is 1.38 bits per heavy atom. The van der Waals surface area contributed by atoms with Gasteiger partial charge in [0.25, 0.3) is 0 Å². The molecule has 0 spiro atoms. The van der Waals surface area contributed by atoms with E-state index in [1.54, 1.807) is 13.8 Å². The summed E-state index contributed by atoms with van der Waals surface area (Å²) in [5.41, 5.74) is 1.34. The van der Waals surface area contributed by atoms with E-state index in [1.165, 1.54) is 0 Å². The van der Waals surface area contributed by atoms with Gasteiger partial charge in [0.2, 0.25) is 10.0 Å². The van der Waals surface area contributed by atoms with E-state index in [2.05, 4.69) is 14.9 Å². The highest BCUT2D eigenvalue weighted by molar-refractivity contribution is 7.89. The number of sulfonamides is 1. The van der Waals surface area contributed by atoms with Crippen molar-refractivity contribution in [3.05, 3.63) is 29.2 Å². The fraction of sp³-hybridized carbons (Fsp3) is 0.538. The summed E-state index contributed by atoms with van der Waals surface area (Å²) in [5, 5.41) is 3.71. The smallest absolute Gasteiger partial charge is 0.246 e. The lowest BCUT2D eigenvalue weighted by Crippen LogP contribution is -2.41. The van der Waals surface area contributed by atoms with Crippen LogP contribution < -0.4 is 4.72 Å². The molecule has 1 atom stereocenters. The molecule has 8 heteroatoms. The number of aromatic nitrogens is 3. The van der Waals surface area contributed by atoms with E-state index in [0.29, 0.717) is 18.0 Å². The number of hydrogen-bond donors (Lipinski definition) is 1. The van der Waals surface area contributed by atoms with Crippen LogP contribution in [-0.2, 0) is 23.0 Å². The standard InChI is InChI=1S/C13H18N4O3S/c1-8-6-17-7-11(4-5-12(17)14-8)16-21(18,19)13-9(2)15-20-10(13)3/h6,11,16H,4-5,7H2,1-3H3. The molecule has 3 heterocycles. The normalized spacial score (nSPS) is 18.7. The number of nitrogens with one attached hydrogen (secondary N) is 1. The van der Waals surface area contributed by atoms with Gasteiger partial charge >= 0.3 is 0 Å². The minimum atomic E-state index is -3.61. The minimum absolute atomic E-state index is 0.148. The molecule has 0 bridgehead atoms. The fourth-order valence-electron chi connectivity index (χ4n) is 2.82. The highest BCUT2D eigenvalue weighted by Gasteiger charge is 2.29. The molecule has 21 heavy (non-hydrogen) atoms. The predicted octanol–water partition coefficient (Wildman–Crippen LogP) is 1.09. The maximum atomic E-state index is 12.5. The predicted molar refractivity (Wildman–Crippen MR) is 75.4 cm³/mol. The third-order valence-electron chi connectivity index (χ3n) is 3.67. The molecule has 2 aromatic rings. The zero-order valence-corrected chi connectivity index (χ0v) is 13.1. The molecule has 0 aliphatic carbocycles. The van der Waals surface area contributed by atoms with Gasteiger partial charge in [0.05, 0.1) is 5.69 Å². The molecule has 1 aliphatic heterocycles. The molecular formula is C13H18N4O3S. The van der Waals surface area contributed by atoms with Crippen LogP contribution in [0.5, 0.6) is 0 Å². The molecule has 114 valence electrons. The molecule has 0 fully saturated rings. The van der Waals surface area contributed by atoms with E-state index in [-0.39, 0.29) is 10.9 Å². The second kappa shape index (κ2) is 4.96. The lowest BCUT2D eigenvalue weighted by Gasteiger charge is -2.24. The van der Waals surface area contributed by atoms with E-state index < -0.39 is 10.0 Å². The highest BCUT2D eigenvalue weighted by atomic mass is 32.2. The van der Waals surface area contributed by atoms with Crippen LogP contribution in [0.15, 0.2) is 15.6 Å². The molecule has 0 aromatic carbocycles. The minimum Gasteiger partial charge on any atom is -0.360 e. The van der Waals surface area contributed by atoms with Crippen molar-refractivity contribution in [1.82, 2.24) is 19.4 Å². The molecule has 0 amide bonds. The zero-order valence-electron chi connectivity index (χ0n) is 12.3. The van der Waals surface area contributed by atoms with E-state index in [1.807, 2.05) is 17.7 Å². The Hall–Kier alpha value is -1.67. The Bertz CT molecular complexity index is 756. The second-order valence-corrected chi connectivity index (χ2v) is 7.11. The van der Waals surface area contributed by atoms with Crippen LogP contribution in [0.1, 0.15) is 29.4 Å². The summed E-state index contributed by atoms with van der Waals surface area (Å²) >= 11 is 0. The molecule has 0 saturated carbocycles. The third-order valence-corrected chi connectivity index (χ3v) is 5.44. The first-order valence-electron chi connectivity index (χ1n) is 6.84. The first-order chi connectivity index (χ1) is 9.87. The average molecular weight is 310 g/mol. The molecule has 2 aromatic heterocycles. The first-order valence-corrected chi connectivity index (χ1v) is 8.33. The Morgan fingerprint density at radius 2 is 2.14 bits per heavy atom. The van der Waals surface area contributed by atoms with Gasteiger partial charge in [-0.15, -0.1) is 0 Å². The van der Waals surface area contributed by atoms with Crippen molar-refractivity contribution < 1.29 is 12.9 Å². The molecule has 0 radical (unpaired) electrons. The number of rotatable bonds is 3. The summed E-state index contributed by atoms with van der Waals surface area (Å²) < 4.78 is 34.7.